The van der Waals surface area contributed by atoms with E-state index in [4.69, 9.17) is 4.74 Å². The molecule has 1 aromatic carbocycles. The number of hydrogen-bond donors (Lipinski definition) is 1. The summed E-state index contributed by atoms with van der Waals surface area (Å²) in [6.45, 7) is -1.22. The molecule has 8 heteroatoms. The molecule has 1 heterocycles. The molecule has 1 aromatic rings. The number of imide groups is 2. The van der Waals surface area contributed by atoms with Gasteiger partial charge in [0.05, 0.1) is 11.8 Å². The molecule has 1 fully saturated rings. The van der Waals surface area contributed by atoms with Crippen molar-refractivity contribution in [3.05, 3.63) is 48.0 Å². The monoisotopic (exact) mass is 370 g/mol. The van der Waals surface area contributed by atoms with E-state index >= 15 is 0 Å². The van der Waals surface area contributed by atoms with E-state index in [-0.39, 0.29) is 0 Å². The summed E-state index contributed by atoms with van der Waals surface area (Å²) >= 11 is 0. The van der Waals surface area contributed by atoms with Crippen molar-refractivity contribution in [2.75, 3.05) is 13.2 Å². The fraction of sp³-hybridized carbons (Fsp3) is 0.316. The normalized spacial score (nSPS) is 21.0. The van der Waals surface area contributed by atoms with Crippen LogP contribution in [0.3, 0.4) is 0 Å². The summed E-state index contributed by atoms with van der Waals surface area (Å²) in [7, 11) is 0. The number of fused-ring (bicyclic) bond motifs is 1. The third kappa shape index (κ3) is 4.11. The van der Waals surface area contributed by atoms with Gasteiger partial charge in [0.25, 0.3) is 11.8 Å². The van der Waals surface area contributed by atoms with Crippen molar-refractivity contribution in [1.29, 1.82) is 0 Å². The summed E-state index contributed by atoms with van der Waals surface area (Å²) in [5, 5.41) is 2.09. The molecule has 0 radical (unpaired) electrons. The van der Waals surface area contributed by atoms with Crippen LogP contribution in [-0.2, 0) is 23.9 Å². The molecular weight excluding hydrogens is 352 g/mol. The lowest BCUT2D eigenvalue weighted by Gasteiger charge is -2.14. The van der Waals surface area contributed by atoms with Crippen LogP contribution in [0.1, 0.15) is 23.2 Å². The lowest BCUT2D eigenvalue weighted by Crippen LogP contribution is -2.39. The van der Waals surface area contributed by atoms with Crippen molar-refractivity contribution in [2.24, 2.45) is 11.8 Å². The maximum atomic E-state index is 12.3. The van der Waals surface area contributed by atoms with Crippen molar-refractivity contribution in [2.45, 2.75) is 12.8 Å². The minimum absolute atomic E-state index is 0.293. The SMILES string of the molecule is O=C(COC(=O)CN1C(=O)[C@H]2CC=CC[C@H]2C1=O)NC(=O)c1ccccc1. The minimum atomic E-state index is -0.884. The highest BCUT2D eigenvalue weighted by Crippen LogP contribution is 2.34. The number of allylic oxidation sites excluding steroid dienone is 2. The van der Waals surface area contributed by atoms with Crippen LogP contribution in [0.4, 0.5) is 0 Å². The molecule has 2 atom stereocenters. The Balaban J connectivity index is 1.47. The number of nitrogens with one attached hydrogen (secondary N) is 1. The highest BCUT2D eigenvalue weighted by molar-refractivity contribution is 6.07. The van der Waals surface area contributed by atoms with Crippen LogP contribution < -0.4 is 5.32 Å². The van der Waals surface area contributed by atoms with Gasteiger partial charge in [-0.2, -0.15) is 0 Å². The number of likely N-dealkylation sites (tertiary alicyclic amines) is 1. The highest BCUT2D eigenvalue weighted by atomic mass is 16.5. The van der Waals surface area contributed by atoms with E-state index < -0.39 is 54.6 Å². The van der Waals surface area contributed by atoms with E-state index in [0.29, 0.717) is 18.4 Å². The third-order valence-corrected chi connectivity index (χ3v) is 4.54. The second-order valence-electron chi connectivity index (χ2n) is 6.32. The molecule has 0 aromatic heterocycles. The van der Waals surface area contributed by atoms with Gasteiger partial charge in [-0.3, -0.25) is 34.2 Å². The van der Waals surface area contributed by atoms with Gasteiger partial charge in [-0.25, -0.2) is 0 Å². The number of carbonyl (C=O) groups is 5. The molecule has 0 saturated carbocycles. The number of hydrogen-bond acceptors (Lipinski definition) is 6. The van der Waals surface area contributed by atoms with Gasteiger partial charge in [0.2, 0.25) is 11.8 Å². The molecule has 1 N–H and O–H groups in total. The molecule has 0 unspecified atom stereocenters. The molecule has 0 bridgehead atoms. The Morgan fingerprint density at radius 3 is 2.19 bits per heavy atom. The highest BCUT2D eigenvalue weighted by Gasteiger charge is 2.47. The molecule has 8 nitrogen and oxygen atoms in total. The van der Waals surface area contributed by atoms with Gasteiger partial charge < -0.3 is 4.74 Å². The molecule has 0 spiro atoms. The lowest BCUT2D eigenvalue weighted by atomic mass is 9.85. The Morgan fingerprint density at radius 2 is 1.59 bits per heavy atom. The standard InChI is InChI=1S/C19H18N2O6/c22-15(20-17(24)12-6-2-1-3-7-12)11-27-16(23)10-21-18(25)13-8-4-5-9-14(13)19(21)26/h1-7,13-14H,8-11H2,(H,20,22,24)/t13-,14+. The largest absolute Gasteiger partial charge is 0.454 e. The van der Waals surface area contributed by atoms with E-state index in [1.165, 1.54) is 12.1 Å². The predicted octanol–water partition coefficient (Wildman–Crippen LogP) is 0.437. The average Bonchev–Trinajstić information content (AvgIpc) is 2.92. The van der Waals surface area contributed by atoms with E-state index in [0.717, 1.165) is 4.90 Å². The van der Waals surface area contributed by atoms with Crippen LogP contribution >= 0.6 is 0 Å². The maximum absolute atomic E-state index is 12.3. The lowest BCUT2D eigenvalue weighted by molar-refractivity contribution is -0.154. The number of ether oxygens (including phenoxy) is 1. The van der Waals surface area contributed by atoms with E-state index in [9.17, 15) is 24.0 Å². The zero-order valence-corrected chi connectivity index (χ0v) is 14.4. The average molecular weight is 370 g/mol. The molecular formula is C19H18N2O6. The number of benzene rings is 1. The Hall–Kier alpha value is -3.29. The Kier molecular flexibility index (Phi) is 5.44. The molecule has 1 aliphatic heterocycles. The van der Waals surface area contributed by atoms with Gasteiger partial charge in [-0.15, -0.1) is 0 Å². The first kappa shape index (κ1) is 18.5. The number of esters is 1. The number of carbonyl (C=O) groups excluding carboxylic acids is 5. The first-order valence-corrected chi connectivity index (χ1v) is 8.52. The maximum Gasteiger partial charge on any atom is 0.326 e. The van der Waals surface area contributed by atoms with E-state index in [1.807, 2.05) is 12.2 Å². The van der Waals surface area contributed by atoms with Gasteiger partial charge in [-0.05, 0) is 25.0 Å². The third-order valence-electron chi connectivity index (χ3n) is 4.54. The quantitative estimate of drug-likeness (QED) is 0.457. The summed E-state index contributed by atoms with van der Waals surface area (Å²) < 4.78 is 4.79. The summed E-state index contributed by atoms with van der Waals surface area (Å²) in [5.41, 5.74) is 0.293. The van der Waals surface area contributed by atoms with E-state index in [1.54, 1.807) is 18.2 Å². The first-order chi connectivity index (χ1) is 13.0. The van der Waals surface area contributed by atoms with Crippen molar-refractivity contribution in [1.82, 2.24) is 10.2 Å². The topological polar surface area (TPSA) is 110 Å². The second kappa shape index (κ2) is 7.94. The van der Waals surface area contributed by atoms with Crippen LogP contribution in [0.25, 0.3) is 0 Å². The Labute approximate surface area is 155 Å². The first-order valence-electron chi connectivity index (χ1n) is 8.52. The van der Waals surface area contributed by atoms with Gasteiger partial charge in [0.1, 0.15) is 6.54 Å². The van der Waals surface area contributed by atoms with Gasteiger partial charge in [-0.1, -0.05) is 30.4 Å². The molecule has 140 valence electrons. The smallest absolute Gasteiger partial charge is 0.326 e. The predicted molar refractivity (Wildman–Crippen MR) is 91.9 cm³/mol. The molecule has 27 heavy (non-hydrogen) atoms. The summed E-state index contributed by atoms with van der Waals surface area (Å²) in [6.07, 6.45) is 4.65. The second-order valence-corrected chi connectivity index (χ2v) is 6.32. The van der Waals surface area contributed by atoms with Gasteiger partial charge in [0, 0.05) is 5.56 Å². The molecule has 1 aliphatic carbocycles. The van der Waals surface area contributed by atoms with Crippen molar-refractivity contribution >= 4 is 29.6 Å². The van der Waals surface area contributed by atoms with Crippen LogP contribution in [0, 0.1) is 11.8 Å². The molecule has 4 amide bonds. The molecule has 3 rings (SSSR count). The zero-order valence-electron chi connectivity index (χ0n) is 14.4. The van der Waals surface area contributed by atoms with Gasteiger partial charge in [0.15, 0.2) is 6.61 Å². The fourth-order valence-corrected chi connectivity index (χ4v) is 3.17. The Morgan fingerprint density at radius 1 is 1.00 bits per heavy atom. The van der Waals surface area contributed by atoms with Crippen LogP contribution in [0.5, 0.6) is 0 Å². The Bertz CT molecular complexity index is 791. The number of amides is 4. The zero-order chi connectivity index (χ0) is 19.4. The van der Waals surface area contributed by atoms with Crippen molar-refractivity contribution < 1.29 is 28.7 Å². The van der Waals surface area contributed by atoms with Gasteiger partial charge >= 0.3 is 5.97 Å². The van der Waals surface area contributed by atoms with Crippen LogP contribution in [-0.4, -0.2) is 47.6 Å². The summed E-state index contributed by atoms with van der Waals surface area (Å²) in [6, 6.07) is 8.10. The molecule has 2 aliphatic rings. The summed E-state index contributed by atoms with van der Waals surface area (Å²) in [5.74, 6) is -3.94. The van der Waals surface area contributed by atoms with Crippen molar-refractivity contribution in [3.8, 4) is 0 Å². The summed E-state index contributed by atoms with van der Waals surface area (Å²) in [4.78, 5) is 60.9. The van der Waals surface area contributed by atoms with Crippen LogP contribution in [0.15, 0.2) is 42.5 Å². The van der Waals surface area contributed by atoms with E-state index in [2.05, 4.69) is 5.32 Å². The molecule has 1 saturated heterocycles. The number of rotatable bonds is 5. The van der Waals surface area contributed by atoms with Crippen LogP contribution in [0.2, 0.25) is 0 Å². The minimum Gasteiger partial charge on any atom is -0.454 e. The van der Waals surface area contributed by atoms with Crippen molar-refractivity contribution in [3.63, 3.8) is 0 Å². The fourth-order valence-electron chi connectivity index (χ4n) is 3.17. The number of nitrogens with zero attached hydrogens (tertiary/aromatic N) is 1.